The highest BCUT2D eigenvalue weighted by molar-refractivity contribution is 5.70. The number of nitrogens with two attached hydrogens (primary N) is 1. The number of carbonyl (C=O) groups excluding carboxylic acids is 1. The van der Waals surface area contributed by atoms with Crippen LogP contribution in [0.4, 0.5) is 0 Å². The molecule has 2 rings (SSSR count). The molecule has 1 atom stereocenters. The van der Waals surface area contributed by atoms with Gasteiger partial charge in [-0.2, -0.15) is 0 Å². The molecule has 1 aliphatic carbocycles. The van der Waals surface area contributed by atoms with E-state index in [0.717, 1.165) is 13.1 Å². The highest BCUT2D eigenvalue weighted by Crippen LogP contribution is 2.38. The quantitative estimate of drug-likeness (QED) is 0.645. The number of likely N-dealkylation sites (tertiary alicyclic amines) is 1. The summed E-state index contributed by atoms with van der Waals surface area (Å²) < 4.78 is 4.71. The lowest BCUT2D eigenvalue weighted by atomic mass is 10.00. The van der Waals surface area contributed by atoms with Gasteiger partial charge in [0.2, 0.25) is 0 Å². The standard InChI is InChI=1S/C10H18N2O2/c1-14-10(13)4-9(7-2-3-7)12-5-8(11)6-12/h7-9H,2-6,11H2,1H3. The Morgan fingerprint density at radius 3 is 2.64 bits per heavy atom. The van der Waals surface area contributed by atoms with Crippen molar-refractivity contribution in [3.8, 4) is 0 Å². The van der Waals surface area contributed by atoms with Gasteiger partial charge in [0.25, 0.3) is 0 Å². The molecule has 0 aromatic heterocycles. The van der Waals surface area contributed by atoms with E-state index < -0.39 is 0 Å². The normalized spacial score (nSPS) is 25.6. The van der Waals surface area contributed by atoms with Gasteiger partial charge >= 0.3 is 5.97 Å². The van der Waals surface area contributed by atoms with Gasteiger partial charge in [0.05, 0.1) is 13.5 Å². The van der Waals surface area contributed by atoms with E-state index in [9.17, 15) is 4.79 Å². The first kappa shape index (κ1) is 9.93. The van der Waals surface area contributed by atoms with Crippen molar-refractivity contribution in [2.24, 2.45) is 11.7 Å². The summed E-state index contributed by atoms with van der Waals surface area (Å²) >= 11 is 0. The Hall–Kier alpha value is -0.610. The third-order valence-electron chi connectivity index (χ3n) is 3.18. The van der Waals surface area contributed by atoms with Gasteiger partial charge in [0.15, 0.2) is 0 Å². The predicted octanol–water partition coefficient (Wildman–Crippen LogP) is -0.0290. The van der Waals surface area contributed by atoms with Crippen LogP contribution >= 0.6 is 0 Å². The van der Waals surface area contributed by atoms with Gasteiger partial charge in [-0.1, -0.05) is 0 Å². The number of nitrogens with zero attached hydrogens (tertiary/aromatic N) is 1. The topological polar surface area (TPSA) is 55.6 Å². The first-order valence-electron chi connectivity index (χ1n) is 5.27. The van der Waals surface area contributed by atoms with Gasteiger partial charge in [-0.05, 0) is 18.8 Å². The first-order chi connectivity index (χ1) is 6.70. The van der Waals surface area contributed by atoms with Gasteiger partial charge in [0, 0.05) is 25.2 Å². The van der Waals surface area contributed by atoms with Crippen LogP contribution in [0, 0.1) is 5.92 Å². The first-order valence-corrected chi connectivity index (χ1v) is 5.27. The highest BCUT2D eigenvalue weighted by atomic mass is 16.5. The number of rotatable bonds is 4. The number of hydrogen-bond donors (Lipinski definition) is 1. The van der Waals surface area contributed by atoms with E-state index in [1.165, 1.54) is 20.0 Å². The molecule has 2 aliphatic rings. The SMILES string of the molecule is COC(=O)CC(C1CC1)N1CC(N)C1. The number of methoxy groups -OCH3 is 1. The lowest BCUT2D eigenvalue weighted by molar-refractivity contribution is -0.142. The molecule has 4 nitrogen and oxygen atoms in total. The molecular weight excluding hydrogens is 180 g/mol. The summed E-state index contributed by atoms with van der Waals surface area (Å²) in [5, 5.41) is 0. The Morgan fingerprint density at radius 2 is 2.21 bits per heavy atom. The third-order valence-corrected chi connectivity index (χ3v) is 3.18. The Balaban J connectivity index is 1.84. The molecule has 1 heterocycles. The van der Waals surface area contributed by atoms with Crippen molar-refractivity contribution in [1.29, 1.82) is 0 Å². The molecule has 0 aromatic rings. The van der Waals surface area contributed by atoms with Crippen molar-refractivity contribution in [3.05, 3.63) is 0 Å². The fraction of sp³-hybridized carbons (Fsp3) is 0.900. The van der Waals surface area contributed by atoms with Gasteiger partial charge in [-0.3, -0.25) is 9.69 Å². The molecule has 4 heteroatoms. The summed E-state index contributed by atoms with van der Waals surface area (Å²) in [6.07, 6.45) is 3.05. The van der Waals surface area contributed by atoms with Gasteiger partial charge in [-0.25, -0.2) is 0 Å². The molecule has 1 saturated carbocycles. The van der Waals surface area contributed by atoms with Gasteiger partial charge in [-0.15, -0.1) is 0 Å². The zero-order valence-electron chi connectivity index (χ0n) is 8.61. The maximum Gasteiger partial charge on any atom is 0.307 e. The molecule has 0 aromatic carbocycles. The van der Waals surface area contributed by atoms with Crippen molar-refractivity contribution >= 4 is 5.97 Å². The molecule has 2 N–H and O–H groups in total. The number of hydrogen-bond acceptors (Lipinski definition) is 4. The minimum absolute atomic E-state index is 0.0950. The fourth-order valence-electron chi connectivity index (χ4n) is 2.15. The second kappa shape index (κ2) is 3.87. The van der Waals surface area contributed by atoms with Crippen LogP contribution in [0.15, 0.2) is 0 Å². The number of ether oxygens (including phenoxy) is 1. The van der Waals surface area contributed by atoms with Crippen LogP contribution in [0.5, 0.6) is 0 Å². The second-order valence-corrected chi connectivity index (χ2v) is 4.40. The fourth-order valence-corrected chi connectivity index (χ4v) is 2.15. The average Bonchev–Trinajstić information content (AvgIpc) is 2.92. The van der Waals surface area contributed by atoms with Crippen LogP contribution < -0.4 is 5.73 Å². The summed E-state index contributed by atoms with van der Waals surface area (Å²) in [7, 11) is 1.45. The molecular formula is C10H18N2O2. The monoisotopic (exact) mass is 198 g/mol. The minimum Gasteiger partial charge on any atom is -0.469 e. The molecule has 1 saturated heterocycles. The smallest absolute Gasteiger partial charge is 0.307 e. The number of carbonyl (C=O) groups is 1. The lowest BCUT2D eigenvalue weighted by Gasteiger charge is -2.42. The predicted molar refractivity (Wildman–Crippen MR) is 52.7 cm³/mol. The van der Waals surface area contributed by atoms with E-state index in [0.29, 0.717) is 24.4 Å². The summed E-state index contributed by atoms with van der Waals surface area (Å²) in [5.41, 5.74) is 5.73. The minimum atomic E-state index is -0.0950. The zero-order valence-corrected chi connectivity index (χ0v) is 8.61. The van der Waals surface area contributed by atoms with E-state index in [-0.39, 0.29) is 5.97 Å². The summed E-state index contributed by atoms with van der Waals surface area (Å²) in [4.78, 5) is 13.5. The molecule has 14 heavy (non-hydrogen) atoms. The van der Waals surface area contributed by atoms with E-state index in [1.807, 2.05) is 0 Å². The molecule has 80 valence electrons. The van der Waals surface area contributed by atoms with Crippen LogP contribution in [-0.2, 0) is 9.53 Å². The summed E-state index contributed by atoms with van der Waals surface area (Å²) in [6.45, 7) is 1.89. The number of esters is 1. The molecule has 1 unspecified atom stereocenters. The van der Waals surface area contributed by atoms with E-state index in [2.05, 4.69) is 4.90 Å². The molecule has 0 radical (unpaired) electrons. The Labute approximate surface area is 84.4 Å². The van der Waals surface area contributed by atoms with E-state index in [4.69, 9.17) is 10.5 Å². The van der Waals surface area contributed by atoms with Crippen molar-refractivity contribution in [2.45, 2.75) is 31.3 Å². The molecule has 1 aliphatic heterocycles. The van der Waals surface area contributed by atoms with Crippen molar-refractivity contribution < 1.29 is 9.53 Å². The Kier molecular flexibility index (Phi) is 2.74. The largest absolute Gasteiger partial charge is 0.469 e. The van der Waals surface area contributed by atoms with Crippen molar-refractivity contribution in [1.82, 2.24) is 4.90 Å². The zero-order chi connectivity index (χ0) is 10.1. The van der Waals surface area contributed by atoms with Crippen LogP contribution in [0.3, 0.4) is 0 Å². The maximum absolute atomic E-state index is 11.2. The van der Waals surface area contributed by atoms with Crippen LogP contribution in [0.1, 0.15) is 19.3 Å². The lowest BCUT2D eigenvalue weighted by Crippen LogP contribution is -2.60. The Morgan fingerprint density at radius 1 is 1.57 bits per heavy atom. The summed E-state index contributed by atoms with van der Waals surface area (Å²) in [5.74, 6) is 0.615. The van der Waals surface area contributed by atoms with E-state index in [1.54, 1.807) is 0 Å². The molecule has 0 bridgehead atoms. The van der Waals surface area contributed by atoms with E-state index >= 15 is 0 Å². The molecule has 0 spiro atoms. The Bertz CT molecular complexity index is 222. The van der Waals surface area contributed by atoms with Crippen molar-refractivity contribution in [2.75, 3.05) is 20.2 Å². The molecule has 2 fully saturated rings. The maximum atomic E-state index is 11.2. The van der Waals surface area contributed by atoms with Crippen LogP contribution in [0.2, 0.25) is 0 Å². The van der Waals surface area contributed by atoms with Gasteiger partial charge in [0.1, 0.15) is 0 Å². The van der Waals surface area contributed by atoms with Crippen LogP contribution in [0.25, 0.3) is 0 Å². The average molecular weight is 198 g/mol. The molecule has 0 amide bonds. The summed E-state index contributed by atoms with van der Waals surface area (Å²) in [6, 6.07) is 0.705. The van der Waals surface area contributed by atoms with Crippen LogP contribution in [-0.4, -0.2) is 43.2 Å². The third kappa shape index (κ3) is 2.07. The van der Waals surface area contributed by atoms with Gasteiger partial charge < -0.3 is 10.5 Å². The highest BCUT2D eigenvalue weighted by Gasteiger charge is 2.40. The van der Waals surface area contributed by atoms with Crippen molar-refractivity contribution in [3.63, 3.8) is 0 Å². The second-order valence-electron chi connectivity index (χ2n) is 4.40.